The number of aromatic nitrogens is 2. The van der Waals surface area contributed by atoms with Crippen LogP contribution in [0, 0.1) is 12.7 Å². The van der Waals surface area contributed by atoms with Crippen molar-refractivity contribution in [2.45, 2.75) is 11.8 Å². The number of sulfonamides is 1. The average molecular weight is 374 g/mol. The summed E-state index contributed by atoms with van der Waals surface area (Å²) >= 11 is 0. The molecular weight excluding hydrogens is 359 g/mol. The quantitative estimate of drug-likeness (QED) is 0.639. The van der Waals surface area contributed by atoms with Crippen molar-refractivity contribution in [1.82, 2.24) is 10.2 Å². The normalized spacial score (nSPS) is 11.2. The Labute approximate surface area is 149 Å². The van der Waals surface area contributed by atoms with E-state index in [0.29, 0.717) is 5.82 Å². The molecule has 1 aromatic heterocycles. The van der Waals surface area contributed by atoms with E-state index in [1.165, 1.54) is 12.1 Å². The van der Waals surface area contributed by atoms with Crippen molar-refractivity contribution in [2.24, 2.45) is 0 Å². The molecule has 0 saturated heterocycles. The van der Waals surface area contributed by atoms with Gasteiger partial charge in [-0.15, -0.1) is 0 Å². The van der Waals surface area contributed by atoms with Crippen LogP contribution < -0.4 is 10.0 Å². The summed E-state index contributed by atoms with van der Waals surface area (Å²) in [6, 6.07) is 12.2. The Balaban J connectivity index is 1.87. The Morgan fingerprint density at radius 3 is 2.46 bits per heavy atom. The van der Waals surface area contributed by atoms with Gasteiger partial charge in [0.25, 0.3) is 15.9 Å². The average Bonchev–Trinajstić information content (AvgIpc) is 3.00. The second-order valence-corrected chi connectivity index (χ2v) is 7.18. The van der Waals surface area contributed by atoms with Gasteiger partial charge in [-0.1, -0.05) is 12.1 Å². The highest BCUT2D eigenvalue weighted by Crippen LogP contribution is 2.21. The third-order valence-electron chi connectivity index (χ3n) is 3.49. The molecule has 2 aromatic carbocycles. The Bertz CT molecular complexity index is 1050. The van der Waals surface area contributed by atoms with Crippen LogP contribution in [0.25, 0.3) is 0 Å². The summed E-state index contributed by atoms with van der Waals surface area (Å²) in [6.07, 6.45) is 0. The number of carbonyl (C=O) groups is 1. The van der Waals surface area contributed by atoms with Gasteiger partial charge in [0, 0.05) is 11.8 Å². The first kappa shape index (κ1) is 17.6. The van der Waals surface area contributed by atoms with Crippen LogP contribution in [-0.2, 0) is 10.0 Å². The minimum absolute atomic E-state index is 0.0987. The number of amides is 1. The maximum absolute atomic E-state index is 13.0. The predicted molar refractivity (Wildman–Crippen MR) is 94.9 cm³/mol. The number of aryl methyl sites for hydroxylation is 1. The predicted octanol–water partition coefficient (Wildman–Crippen LogP) is 2.91. The first-order valence-electron chi connectivity index (χ1n) is 7.56. The number of aromatic amines is 1. The molecule has 9 heteroatoms. The number of nitrogens with zero attached hydrogens (tertiary/aromatic N) is 1. The largest absolute Gasteiger partial charge is 0.305 e. The summed E-state index contributed by atoms with van der Waals surface area (Å²) in [5.41, 5.74) is 0.992. The van der Waals surface area contributed by atoms with Gasteiger partial charge < -0.3 is 5.32 Å². The summed E-state index contributed by atoms with van der Waals surface area (Å²) in [6.45, 7) is 1.79. The first-order chi connectivity index (χ1) is 12.3. The van der Waals surface area contributed by atoms with Gasteiger partial charge in [0.15, 0.2) is 5.82 Å². The lowest BCUT2D eigenvalue weighted by Gasteiger charge is -2.12. The van der Waals surface area contributed by atoms with Crippen LogP contribution in [0.4, 0.5) is 15.9 Å². The standard InChI is InChI=1S/C17H15FN4O3S/c1-11-10-16(21-20-11)19-17(23)14-4-2-3-5-15(14)22-26(24,25)13-8-6-12(18)7-9-13/h2-10,22H,1H3,(H2,19,20,21,23). The lowest BCUT2D eigenvalue weighted by Crippen LogP contribution is -2.18. The molecule has 0 aliphatic heterocycles. The number of benzene rings is 2. The smallest absolute Gasteiger partial charge is 0.261 e. The maximum Gasteiger partial charge on any atom is 0.261 e. The van der Waals surface area contributed by atoms with E-state index in [1.54, 1.807) is 25.1 Å². The van der Waals surface area contributed by atoms with E-state index in [4.69, 9.17) is 0 Å². The van der Waals surface area contributed by atoms with Crippen LogP contribution in [-0.4, -0.2) is 24.5 Å². The highest BCUT2D eigenvalue weighted by Gasteiger charge is 2.19. The van der Waals surface area contributed by atoms with E-state index in [9.17, 15) is 17.6 Å². The number of nitrogens with one attached hydrogen (secondary N) is 3. The number of para-hydroxylation sites is 1. The van der Waals surface area contributed by atoms with Crippen LogP contribution >= 0.6 is 0 Å². The number of hydrogen-bond acceptors (Lipinski definition) is 4. The molecule has 1 amide bonds. The monoisotopic (exact) mass is 374 g/mol. The molecule has 0 fully saturated rings. The van der Waals surface area contributed by atoms with Crippen LogP contribution in [0.1, 0.15) is 16.1 Å². The summed E-state index contributed by atoms with van der Waals surface area (Å²) in [7, 11) is -3.97. The summed E-state index contributed by atoms with van der Waals surface area (Å²) in [5, 5.41) is 9.19. The molecule has 3 N–H and O–H groups in total. The number of anilines is 2. The zero-order chi connectivity index (χ0) is 18.7. The van der Waals surface area contributed by atoms with E-state index in [0.717, 1.165) is 30.0 Å². The molecule has 3 aromatic rings. The number of halogens is 1. The molecule has 1 heterocycles. The Kier molecular flexibility index (Phi) is 4.72. The lowest BCUT2D eigenvalue weighted by molar-refractivity contribution is 0.102. The molecule has 0 saturated carbocycles. The van der Waals surface area contributed by atoms with Crippen LogP contribution in [0.15, 0.2) is 59.5 Å². The third-order valence-corrected chi connectivity index (χ3v) is 4.87. The van der Waals surface area contributed by atoms with Gasteiger partial charge in [-0.2, -0.15) is 5.10 Å². The number of hydrogen-bond donors (Lipinski definition) is 3. The third kappa shape index (κ3) is 3.89. The van der Waals surface area contributed by atoms with E-state index < -0.39 is 21.7 Å². The first-order valence-corrected chi connectivity index (χ1v) is 9.04. The van der Waals surface area contributed by atoms with Gasteiger partial charge in [-0.25, -0.2) is 12.8 Å². The van der Waals surface area contributed by atoms with Crippen LogP contribution in [0.3, 0.4) is 0 Å². The minimum Gasteiger partial charge on any atom is -0.305 e. The zero-order valence-corrected chi connectivity index (χ0v) is 14.5. The Hall–Kier alpha value is -3.20. The second kappa shape index (κ2) is 6.96. The van der Waals surface area contributed by atoms with Gasteiger partial charge in [0.1, 0.15) is 5.82 Å². The van der Waals surface area contributed by atoms with E-state index in [2.05, 4.69) is 20.2 Å². The fraction of sp³-hybridized carbons (Fsp3) is 0.0588. The van der Waals surface area contributed by atoms with Gasteiger partial charge in [0.2, 0.25) is 0 Å². The van der Waals surface area contributed by atoms with Crippen molar-refractivity contribution in [3.05, 3.63) is 71.7 Å². The lowest BCUT2D eigenvalue weighted by atomic mass is 10.1. The molecule has 3 rings (SSSR count). The summed E-state index contributed by atoms with van der Waals surface area (Å²) in [5.74, 6) is -0.740. The summed E-state index contributed by atoms with van der Waals surface area (Å²) in [4.78, 5) is 12.3. The SMILES string of the molecule is Cc1cc(NC(=O)c2ccccc2NS(=O)(=O)c2ccc(F)cc2)n[nH]1. The van der Waals surface area contributed by atoms with Crippen LogP contribution in [0.2, 0.25) is 0 Å². The van der Waals surface area contributed by atoms with Gasteiger partial charge >= 0.3 is 0 Å². The molecule has 134 valence electrons. The zero-order valence-electron chi connectivity index (χ0n) is 13.7. The van der Waals surface area contributed by atoms with E-state index in [1.807, 2.05) is 0 Å². The molecule has 7 nitrogen and oxygen atoms in total. The van der Waals surface area contributed by atoms with Gasteiger partial charge in [-0.05, 0) is 43.3 Å². The maximum atomic E-state index is 13.0. The fourth-order valence-electron chi connectivity index (χ4n) is 2.25. The molecule has 0 unspecified atom stereocenters. The van der Waals surface area contributed by atoms with Crippen LogP contribution in [0.5, 0.6) is 0 Å². The number of H-pyrrole nitrogens is 1. The minimum atomic E-state index is -3.97. The van der Waals surface area contributed by atoms with Gasteiger partial charge in [-0.3, -0.25) is 14.6 Å². The highest BCUT2D eigenvalue weighted by molar-refractivity contribution is 7.92. The van der Waals surface area contributed by atoms with Crippen molar-refractivity contribution in [2.75, 3.05) is 10.0 Å². The molecule has 0 spiro atoms. The van der Waals surface area contributed by atoms with E-state index in [-0.39, 0.29) is 16.1 Å². The van der Waals surface area contributed by atoms with Crippen molar-refractivity contribution in [3.8, 4) is 0 Å². The summed E-state index contributed by atoms with van der Waals surface area (Å²) < 4.78 is 40.3. The number of rotatable bonds is 5. The van der Waals surface area contributed by atoms with E-state index >= 15 is 0 Å². The van der Waals surface area contributed by atoms with Crippen molar-refractivity contribution in [1.29, 1.82) is 0 Å². The molecule has 0 atom stereocenters. The molecule has 0 radical (unpaired) electrons. The Morgan fingerprint density at radius 2 is 1.81 bits per heavy atom. The van der Waals surface area contributed by atoms with Gasteiger partial charge in [0.05, 0.1) is 16.1 Å². The number of carbonyl (C=O) groups excluding carboxylic acids is 1. The molecule has 0 bridgehead atoms. The second-order valence-electron chi connectivity index (χ2n) is 5.50. The van der Waals surface area contributed by atoms with Crippen molar-refractivity contribution < 1.29 is 17.6 Å². The molecule has 0 aliphatic rings. The molecular formula is C17H15FN4O3S. The topological polar surface area (TPSA) is 104 Å². The fourth-order valence-corrected chi connectivity index (χ4v) is 3.33. The molecule has 26 heavy (non-hydrogen) atoms. The van der Waals surface area contributed by atoms with Crippen molar-refractivity contribution in [3.63, 3.8) is 0 Å². The van der Waals surface area contributed by atoms with Crippen molar-refractivity contribution >= 4 is 27.4 Å². The highest BCUT2D eigenvalue weighted by atomic mass is 32.2. The molecule has 0 aliphatic carbocycles. The Morgan fingerprint density at radius 1 is 1.12 bits per heavy atom.